The maximum Gasteiger partial charge on any atom is 0.501 e. The molecule has 6 rings (SSSR count). The molecule has 1 aliphatic carbocycles. The summed E-state index contributed by atoms with van der Waals surface area (Å²) < 4.78 is 123. The molecule has 1 unspecified atom stereocenters. The fourth-order valence-electron chi connectivity index (χ4n) is 8.49. The predicted molar refractivity (Wildman–Crippen MR) is 239 cm³/mol. The van der Waals surface area contributed by atoms with E-state index in [0.717, 1.165) is 87.5 Å². The van der Waals surface area contributed by atoms with Gasteiger partial charge in [0, 0.05) is 73.6 Å². The first-order valence-electron chi connectivity index (χ1n) is 21.5. The summed E-state index contributed by atoms with van der Waals surface area (Å²) in [5, 5.41) is 2.99. The molecule has 0 bridgehead atoms. The second-order valence-electron chi connectivity index (χ2n) is 17.5. The first-order valence-corrected chi connectivity index (χ1v) is 25.5. The van der Waals surface area contributed by atoms with Crippen molar-refractivity contribution in [2.24, 2.45) is 5.41 Å². The molecule has 3 aliphatic rings. The van der Waals surface area contributed by atoms with Gasteiger partial charge in [0.1, 0.15) is 4.90 Å². The minimum atomic E-state index is -6.04. The molecular weight excluding hydrogens is 882 g/mol. The molecule has 3 aromatic rings. The molecule has 2 saturated heterocycles. The van der Waals surface area contributed by atoms with Gasteiger partial charge in [-0.25, -0.2) is 30.3 Å². The van der Waals surface area contributed by atoms with E-state index in [1.165, 1.54) is 35.0 Å². The van der Waals surface area contributed by atoms with E-state index in [0.29, 0.717) is 50.7 Å². The van der Waals surface area contributed by atoms with Gasteiger partial charge < -0.3 is 15.1 Å². The van der Waals surface area contributed by atoms with Gasteiger partial charge in [0.2, 0.25) is 6.43 Å². The number of halogens is 5. The molecule has 346 valence electrons. The zero-order valence-electron chi connectivity index (χ0n) is 35.8. The number of nitrogens with zero attached hydrogens (tertiary/aromatic N) is 3. The lowest BCUT2D eigenvalue weighted by Gasteiger charge is -2.39. The molecule has 18 heteroatoms. The number of anilines is 2. The summed E-state index contributed by atoms with van der Waals surface area (Å²) in [5.41, 5.74) is -2.51. The zero-order chi connectivity index (χ0) is 45.4. The smallest absolute Gasteiger partial charge is 0.380 e. The van der Waals surface area contributed by atoms with Crippen molar-refractivity contribution in [1.82, 2.24) is 14.5 Å². The van der Waals surface area contributed by atoms with Crippen LogP contribution in [-0.4, -0.2) is 109 Å². The second kappa shape index (κ2) is 21.1. The molecule has 2 N–H and O–H groups in total. The van der Waals surface area contributed by atoms with E-state index in [4.69, 9.17) is 0 Å². The standard InChI is InChI=1S/C45H58F5N5O5S3/c1-44(2)21-19-35(34(30-44)9-8-12-42(46)47)31-54-25-27-55(28-26-54)37-15-13-33(14-16-37)43(56)52-63(59,60)39-17-18-40(41(29-39)62(57,58)45(48,49)50)51-36(20-24-53-22-6-7-23-53)32-61-38-10-4-3-5-11-38/h3-5,10-11,13-18,29,36,42,51H,6-9,12,19-28,30-32H2,1-2H3,(H,52,56). The molecule has 2 heterocycles. The van der Waals surface area contributed by atoms with Crippen LogP contribution in [0.1, 0.15) is 82.0 Å². The van der Waals surface area contributed by atoms with Crippen molar-refractivity contribution < 1.29 is 43.6 Å². The molecule has 0 spiro atoms. The Morgan fingerprint density at radius 1 is 0.841 bits per heavy atom. The van der Waals surface area contributed by atoms with Gasteiger partial charge in [0.25, 0.3) is 25.8 Å². The van der Waals surface area contributed by atoms with Crippen LogP contribution in [0.15, 0.2) is 98.6 Å². The maximum atomic E-state index is 14.1. The van der Waals surface area contributed by atoms with Crippen LogP contribution >= 0.6 is 11.8 Å². The number of sulfone groups is 1. The number of likely N-dealkylation sites (tertiary alicyclic amines) is 1. The number of piperazine rings is 1. The molecule has 2 aliphatic heterocycles. The number of carbonyl (C=O) groups excluding carboxylic acids is 1. The highest BCUT2D eigenvalue weighted by atomic mass is 32.2. The Morgan fingerprint density at radius 3 is 2.17 bits per heavy atom. The lowest BCUT2D eigenvalue weighted by molar-refractivity contribution is -0.0435. The van der Waals surface area contributed by atoms with Crippen molar-refractivity contribution in [3.8, 4) is 0 Å². The van der Waals surface area contributed by atoms with E-state index in [1.807, 2.05) is 35.1 Å². The number of sulfonamides is 1. The van der Waals surface area contributed by atoms with Gasteiger partial charge in [0.15, 0.2) is 0 Å². The van der Waals surface area contributed by atoms with Crippen LogP contribution in [0.3, 0.4) is 0 Å². The molecule has 10 nitrogen and oxygen atoms in total. The summed E-state index contributed by atoms with van der Waals surface area (Å²) in [6.07, 6.45) is 4.30. The van der Waals surface area contributed by atoms with E-state index in [2.05, 4.69) is 33.9 Å². The summed E-state index contributed by atoms with van der Waals surface area (Å²) in [4.78, 5) is 18.9. The Morgan fingerprint density at radius 2 is 1.52 bits per heavy atom. The fraction of sp³-hybridized carbons (Fsp3) is 0.533. The van der Waals surface area contributed by atoms with Crippen molar-refractivity contribution in [2.75, 3.05) is 68.3 Å². The lowest BCUT2D eigenvalue weighted by atomic mass is 9.73. The Labute approximate surface area is 373 Å². The van der Waals surface area contributed by atoms with Gasteiger partial charge in [-0.05, 0) is 124 Å². The zero-order valence-corrected chi connectivity index (χ0v) is 38.3. The summed E-state index contributed by atoms with van der Waals surface area (Å²) in [6.45, 7) is 10.6. The van der Waals surface area contributed by atoms with Crippen LogP contribution in [0.5, 0.6) is 0 Å². The summed E-state index contributed by atoms with van der Waals surface area (Å²) >= 11 is 1.46. The van der Waals surface area contributed by atoms with Gasteiger partial charge in [-0.1, -0.05) is 43.2 Å². The van der Waals surface area contributed by atoms with Gasteiger partial charge in [-0.15, -0.1) is 11.8 Å². The summed E-state index contributed by atoms with van der Waals surface area (Å²) in [7, 11) is -10.9. The molecule has 0 saturated carbocycles. The number of rotatable bonds is 19. The molecular formula is C45H58F5N5O5S3. The van der Waals surface area contributed by atoms with Crippen molar-refractivity contribution in [2.45, 2.75) is 104 Å². The van der Waals surface area contributed by atoms with Crippen LogP contribution < -0.4 is 14.9 Å². The largest absolute Gasteiger partial charge is 0.501 e. The van der Waals surface area contributed by atoms with Crippen molar-refractivity contribution in [3.63, 3.8) is 0 Å². The minimum absolute atomic E-state index is 0.0225. The topological polar surface area (TPSA) is 119 Å². The highest BCUT2D eigenvalue weighted by Gasteiger charge is 2.48. The number of alkyl halides is 5. The third-order valence-electron chi connectivity index (χ3n) is 12.1. The average Bonchev–Trinajstić information content (AvgIpc) is 3.76. The third kappa shape index (κ3) is 13.4. The molecule has 2 fully saturated rings. The Kier molecular flexibility index (Phi) is 16.3. The monoisotopic (exact) mass is 939 g/mol. The Balaban J connectivity index is 1.11. The first-order chi connectivity index (χ1) is 29.8. The van der Waals surface area contributed by atoms with Crippen molar-refractivity contribution >= 4 is 48.9 Å². The Hall–Kier alpha value is -3.71. The maximum absolute atomic E-state index is 14.1. The molecule has 3 aromatic carbocycles. The van der Waals surface area contributed by atoms with E-state index in [-0.39, 0.29) is 17.4 Å². The van der Waals surface area contributed by atoms with Crippen molar-refractivity contribution in [1.29, 1.82) is 0 Å². The molecule has 1 amide bonds. The highest BCUT2D eigenvalue weighted by molar-refractivity contribution is 7.99. The minimum Gasteiger partial charge on any atom is -0.380 e. The number of hydrogen-bond donors (Lipinski definition) is 2. The first kappa shape index (κ1) is 48.7. The number of hydrogen-bond acceptors (Lipinski definition) is 10. The van der Waals surface area contributed by atoms with Gasteiger partial charge in [-0.2, -0.15) is 13.2 Å². The van der Waals surface area contributed by atoms with Gasteiger partial charge in [0.05, 0.1) is 10.6 Å². The van der Waals surface area contributed by atoms with Crippen LogP contribution in [0, 0.1) is 5.41 Å². The normalized spacial score (nSPS) is 18.5. The Bertz CT molecular complexity index is 2260. The molecule has 0 aromatic heterocycles. The number of thioether (sulfide) groups is 1. The lowest BCUT2D eigenvalue weighted by Crippen LogP contribution is -2.47. The van der Waals surface area contributed by atoms with E-state index in [1.54, 1.807) is 12.1 Å². The quantitative estimate of drug-likeness (QED) is 0.0685. The van der Waals surface area contributed by atoms with Crippen LogP contribution in [0.25, 0.3) is 0 Å². The molecule has 1 atom stereocenters. The summed E-state index contributed by atoms with van der Waals surface area (Å²) in [6, 6.07) is 17.6. The van der Waals surface area contributed by atoms with Crippen LogP contribution in [0.4, 0.5) is 33.3 Å². The highest BCUT2D eigenvalue weighted by Crippen LogP contribution is 2.41. The number of carbonyl (C=O) groups is 1. The average molecular weight is 940 g/mol. The molecule has 0 radical (unpaired) electrons. The summed E-state index contributed by atoms with van der Waals surface area (Å²) in [5.74, 6) is -0.650. The number of allylic oxidation sites excluding steroid dienone is 1. The predicted octanol–water partition coefficient (Wildman–Crippen LogP) is 9.22. The van der Waals surface area contributed by atoms with Gasteiger partial charge >= 0.3 is 5.51 Å². The van der Waals surface area contributed by atoms with Gasteiger partial charge in [-0.3, -0.25) is 9.69 Å². The van der Waals surface area contributed by atoms with E-state index < -0.39 is 59.2 Å². The van der Waals surface area contributed by atoms with Crippen LogP contribution in [-0.2, 0) is 19.9 Å². The van der Waals surface area contributed by atoms with E-state index >= 15 is 0 Å². The third-order valence-corrected chi connectivity index (χ3v) is 16.1. The number of amides is 1. The van der Waals surface area contributed by atoms with Crippen LogP contribution in [0.2, 0.25) is 0 Å². The second-order valence-corrected chi connectivity index (χ2v) is 22.2. The fourth-order valence-corrected chi connectivity index (χ4v) is 11.5. The molecule has 63 heavy (non-hydrogen) atoms. The van der Waals surface area contributed by atoms with Crippen molar-refractivity contribution in [3.05, 3.63) is 89.5 Å². The number of benzene rings is 3. The van der Waals surface area contributed by atoms with E-state index in [9.17, 15) is 43.6 Å². The number of nitrogens with one attached hydrogen (secondary N) is 2. The SMILES string of the molecule is CC1(C)CCC(CN2CCN(c3ccc(C(=O)NS(=O)(=O)c4ccc(NC(CCN5CCCC5)CSc5ccccc5)c(S(=O)(=O)C(F)(F)F)c4)cc3)CC2)=C(CCCC(F)F)C1.